The van der Waals surface area contributed by atoms with Crippen molar-refractivity contribution in [2.45, 2.75) is 51.7 Å². The highest BCUT2D eigenvalue weighted by atomic mass is 16.5. The van der Waals surface area contributed by atoms with Crippen LogP contribution in [0.25, 0.3) is 10.9 Å². The lowest BCUT2D eigenvalue weighted by molar-refractivity contribution is -0.0223. The Labute approximate surface area is 153 Å². The fourth-order valence-corrected chi connectivity index (χ4v) is 3.63. The molecule has 1 heterocycles. The molecule has 3 rings (SSSR count). The Morgan fingerprint density at radius 3 is 2.69 bits per heavy atom. The smallest absolute Gasteiger partial charge is 0.342 e. The molecule has 0 radical (unpaired) electrons. The van der Waals surface area contributed by atoms with Crippen LogP contribution >= 0.6 is 0 Å². The zero-order chi connectivity index (χ0) is 18.7. The first-order valence-corrected chi connectivity index (χ1v) is 9.12. The Morgan fingerprint density at radius 1 is 1.27 bits per heavy atom. The summed E-state index contributed by atoms with van der Waals surface area (Å²) in [5.41, 5.74) is 8.29. The summed E-state index contributed by atoms with van der Waals surface area (Å²) < 4.78 is 17.0. The minimum absolute atomic E-state index is 0.0360. The van der Waals surface area contributed by atoms with Crippen molar-refractivity contribution in [1.29, 1.82) is 0 Å². The summed E-state index contributed by atoms with van der Waals surface area (Å²) in [6.07, 6.45) is 4.18. The summed E-state index contributed by atoms with van der Waals surface area (Å²) in [4.78, 5) is 16.9. The number of carbonyl (C=O) groups is 1. The van der Waals surface area contributed by atoms with Crippen LogP contribution in [0, 0.1) is 6.92 Å². The molecule has 1 aliphatic carbocycles. The molecule has 6 heteroatoms. The third-order valence-corrected chi connectivity index (χ3v) is 4.90. The molecule has 2 atom stereocenters. The van der Waals surface area contributed by atoms with E-state index < -0.39 is 5.97 Å². The van der Waals surface area contributed by atoms with E-state index in [9.17, 15) is 4.79 Å². The van der Waals surface area contributed by atoms with Gasteiger partial charge in [0.05, 0.1) is 35.0 Å². The molecule has 2 unspecified atom stereocenters. The van der Waals surface area contributed by atoms with Crippen LogP contribution in [0.5, 0.6) is 5.75 Å². The lowest BCUT2D eigenvalue weighted by Gasteiger charge is -2.31. The van der Waals surface area contributed by atoms with Gasteiger partial charge in [-0.15, -0.1) is 0 Å². The van der Waals surface area contributed by atoms with Gasteiger partial charge in [0.1, 0.15) is 17.4 Å². The molecular formula is C20H26N2O4. The van der Waals surface area contributed by atoms with Crippen molar-refractivity contribution < 1.29 is 19.0 Å². The van der Waals surface area contributed by atoms with Crippen LogP contribution < -0.4 is 10.5 Å². The van der Waals surface area contributed by atoms with Crippen LogP contribution in [0.15, 0.2) is 18.2 Å². The number of nitrogens with two attached hydrogens (primary N) is 1. The van der Waals surface area contributed by atoms with Crippen LogP contribution in [0.1, 0.15) is 48.7 Å². The van der Waals surface area contributed by atoms with E-state index in [4.69, 9.17) is 19.9 Å². The number of benzene rings is 1. The van der Waals surface area contributed by atoms with Gasteiger partial charge in [0, 0.05) is 7.11 Å². The van der Waals surface area contributed by atoms with Crippen molar-refractivity contribution in [1.82, 2.24) is 4.98 Å². The minimum Gasteiger partial charge on any atom is -0.487 e. The molecule has 6 nitrogen and oxygen atoms in total. The Morgan fingerprint density at radius 2 is 2.00 bits per heavy atom. The van der Waals surface area contributed by atoms with E-state index >= 15 is 0 Å². The fourth-order valence-electron chi connectivity index (χ4n) is 3.63. The summed E-state index contributed by atoms with van der Waals surface area (Å²) in [6, 6.07) is 5.62. The van der Waals surface area contributed by atoms with Gasteiger partial charge in [-0.05, 0) is 45.2 Å². The summed E-state index contributed by atoms with van der Waals surface area (Å²) in [6.45, 7) is 3.81. The lowest BCUT2D eigenvalue weighted by atomic mass is 9.94. The zero-order valence-corrected chi connectivity index (χ0v) is 15.6. The molecule has 26 heavy (non-hydrogen) atoms. The molecule has 0 aliphatic heterocycles. The van der Waals surface area contributed by atoms with E-state index in [2.05, 4.69) is 4.98 Å². The zero-order valence-electron chi connectivity index (χ0n) is 15.6. The molecule has 1 aliphatic rings. The van der Waals surface area contributed by atoms with E-state index in [1.54, 1.807) is 21.0 Å². The Hall–Kier alpha value is -2.34. The van der Waals surface area contributed by atoms with Gasteiger partial charge in [-0.2, -0.15) is 0 Å². The molecule has 0 saturated heterocycles. The highest BCUT2D eigenvalue weighted by molar-refractivity contribution is 6.07. The maximum atomic E-state index is 12.3. The third-order valence-electron chi connectivity index (χ3n) is 4.90. The minimum atomic E-state index is -0.459. The molecule has 1 saturated carbocycles. The fraction of sp³-hybridized carbons (Fsp3) is 0.500. The van der Waals surface area contributed by atoms with Crippen molar-refractivity contribution >= 4 is 22.6 Å². The maximum absolute atomic E-state index is 12.3. The number of aryl methyl sites for hydroxylation is 1. The van der Waals surface area contributed by atoms with E-state index in [0.29, 0.717) is 33.6 Å². The molecular weight excluding hydrogens is 332 g/mol. The van der Waals surface area contributed by atoms with Gasteiger partial charge >= 0.3 is 5.97 Å². The average Bonchev–Trinajstić information content (AvgIpc) is 2.62. The molecule has 140 valence electrons. The van der Waals surface area contributed by atoms with E-state index in [1.807, 2.05) is 18.2 Å². The van der Waals surface area contributed by atoms with E-state index in [1.165, 1.54) is 0 Å². The van der Waals surface area contributed by atoms with Gasteiger partial charge in [0.2, 0.25) is 0 Å². The van der Waals surface area contributed by atoms with Crippen molar-refractivity contribution in [3.05, 3.63) is 29.5 Å². The van der Waals surface area contributed by atoms with Crippen molar-refractivity contribution in [3.63, 3.8) is 0 Å². The lowest BCUT2D eigenvalue weighted by Crippen LogP contribution is -2.36. The number of hydrogen-bond acceptors (Lipinski definition) is 6. The maximum Gasteiger partial charge on any atom is 0.342 e. The number of nitrogen functional groups attached to an aromatic ring is 1. The number of fused-ring (bicyclic) bond motifs is 1. The summed E-state index contributed by atoms with van der Waals surface area (Å²) in [5, 5.41) is 0.654. The molecule has 0 bridgehead atoms. The molecule has 2 aromatic rings. The van der Waals surface area contributed by atoms with Crippen LogP contribution in [0.3, 0.4) is 0 Å². The molecule has 1 fully saturated rings. The predicted octanol–water partition coefficient (Wildman–Crippen LogP) is 3.64. The number of ether oxygens (including phenoxy) is 3. The van der Waals surface area contributed by atoms with Gasteiger partial charge in [-0.25, -0.2) is 4.79 Å². The summed E-state index contributed by atoms with van der Waals surface area (Å²) in [7, 11) is 1.72. The monoisotopic (exact) mass is 358 g/mol. The van der Waals surface area contributed by atoms with Crippen molar-refractivity contribution in [2.75, 3.05) is 19.5 Å². The van der Waals surface area contributed by atoms with Crippen LogP contribution in [0.4, 0.5) is 5.69 Å². The number of anilines is 1. The van der Waals surface area contributed by atoms with Gasteiger partial charge in [-0.1, -0.05) is 12.5 Å². The highest BCUT2D eigenvalue weighted by Gasteiger charge is 2.28. The van der Waals surface area contributed by atoms with Crippen LogP contribution in [-0.4, -0.2) is 36.9 Å². The van der Waals surface area contributed by atoms with Crippen molar-refractivity contribution in [2.24, 2.45) is 0 Å². The largest absolute Gasteiger partial charge is 0.487 e. The number of aromatic nitrogens is 1. The predicted molar refractivity (Wildman–Crippen MR) is 101 cm³/mol. The number of hydrogen-bond donors (Lipinski definition) is 1. The van der Waals surface area contributed by atoms with Crippen LogP contribution in [0.2, 0.25) is 0 Å². The first kappa shape index (κ1) is 18.5. The number of pyridine rings is 1. The summed E-state index contributed by atoms with van der Waals surface area (Å²) in [5.74, 6) is 0.172. The second kappa shape index (κ2) is 7.91. The standard InChI is InChI=1S/C20H26N2O4/c1-4-25-20(23)17-12(2)22-13-8-7-11-16(18(13)19(17)21)26-15-10-6-5-9-14(15)24-3/h7-8,11,14-15H,4-6,9-10H2,1-3H3,(H2,21,22). The highest BCUT2D eigenvalue weighted by Crippen LogP contribution is 2.36. The third kappa shape index (κ3) is 3.46. The molecule has 1 aromatic carbocycles. The quantitative estimate of drug-likeness (QED) is 0.822. The molecule has 0 amide bonds. The molecule has 1 aromatic heterocycles. The van der Waals surface area contributed by atoms with E-state index in [-0.39, 0.29) is 18.8 Å². The number of rotatable bonds is 5. The SMILES string of the molecule is CCOC(=O)c1c(C)nc2cccc(OC3CCCCC3OC)c2c1N. The normalized spacial score (nSPS) is 20.1. The first-order chi connectivity index (χ1) is 12.6. The number of nitrogens with zero attached hydrogens (tertiary/aromatic N) is 1. The van der Waals surface area contributed by atoms with Gasteiger partial charge in [-0.3, -0.25) is 4.98 Å². The van der Waals surface area contributed by atoms with Gasteiger partial charge in [0.25, 0.3) is 0 Å². The molecule has 2 N–H and O–H groups in total. The van der Waals surface area contributed by atoms with Crippen LogP contribution in [-0.2, 0) is 9.47 Å². The first-order valence-electron chi connectivity index (χ1n) is 9.12. The van der Waals surface area contributed by atoms with Crippen molar-refractivity contribution in [3.8, 4) is 5.75 Å². The second-order valence-corrected chi connectivity index (χ2v) is 6.57. The van der Waals surface area contributed by atoms with Gasteiger partial charge in [0.15, 0.2) is 0 Å². The van der Waals surface area contributed by atoms with E-state index in [0.717, 1.165) is 25.7 Å². The topological polar surface area (TPSA) is 83.7 Å². The Balaban J connectivity index is 2.05. The average molecular weight is 358 g/mol. The summed E-state index contributed by atoms with van der Waals surface area (Å²) >= 11 is 0. The number of esters is 1. The van der Waals surface area contributed by atoms with Gasteiger partial charge < -0.3 is 19.9 Å². The number of carbonyl (C=O) groups excluding carboxylic acids is 1. The molecule has 0 spiro atoms. The second-order valence-electron chi connectivity index (χ2n) is 6.57. The number of methoxy groups -OCH3 is 1. The Bertz CT molecular complexity index is 806. The Kier molecular flexibility index (Phi) is 5.61.